The van der Waals surface area contributed by atoms with E-state index in [2.05, 4.69) is 5.32 Å². The maximum Gasteiger partial charge on any atom is 0.311 e. The molecule has 0 spiro atoms. The number of nitrogens with one attached hydrogen (secondary N) is 1. The number of carbonyl (C=O) groups is 3. The van der Waals surface area contributed by atoms with Crippen LogP contribution in [-0.2, 0) is 28.6 Å². The molecule has 1 aliphatic rings. The van der Waals surface area contributed by atoms with Gasteiger partial charge in [-0.3, -0.25) is 14.4 Å². The van der Waals surface area contributed by atoms with E-state index in [0.29, 0.717) is 5.75 Å². The molecule has 1 fully saturated rings. The molecule has 38 heavy (non-hydrogen) atoms. The van der Waals surface area contributed by atoms with Gasteiger partial charge in [0.15, 0.2) is 6.10 Å². The van der Waals surface area contributed by atoms with Gasteiger partial charge in [-0.05, 0) is 65.8 Å². The molecule has 5 atom stereocenters. The van der Waals surface area contributed by atoms with Crippen LogP contribution in [0.1, 0.15) is 41.5 Å². The van der Waals surface area contributed by atoms with Crippen molar-refractivity contribution in [2.45, 2.75) is 76.0 Å². The fourth-order valence-electron chi connectivity index (χ4n) is 3.14. The van der Waals surface area contributed by atoms with E-state index in [9.17, 15) is 19.5 Å². The van der Waals surface area contributed by atoms with E-state index in [1.54, 1.807) is 65.8 Å². The highest BCUT2D eigenvalue weighted by Crippen LogP contribution is 2.32. The van der Waals surface area contributed by atoms with Crippen LogP contribution < -0.4 is 14.8 Å². The quantitative estimate of drug-likeness (QED) is 0.357. The smallest absolute Gasteiger partial charge is 0.311 e. The normalized spacial score (nSPS) is 24.2. The number of esters is 2. The zero-order valence-electron chi connectivity index (χ0n) is 22.3. The molecule has 0 aliphatic carbocycles. The Labute approximate surface area is 237 Å². The molecule has 0 aromatic heterocycles. The van der Waals surface area contributed by atoms with E-state index < -0.39 is 69.7 Å². The van der Waals surface area contributed by atoms with Crippen molar-refractivity contribution in [1.29, 1.82) is 0 Å². The Hall–Kier alpha value is -1.98. The van der Waals surface area contributed by atoms with E-state index >= 15 is 0 Å². The fourth-order valence-corrected chi connectivity index (χ4v) is 3.31. The van der Waals surface area contributed by atoms with Crippen LogP contribution in [-0.4, -0.2) is 71.1 Å². The number of aliphatic hydroxyl groups is 1. The number of amides is 1. The third-order valence-corrected chi connectivity index (χ3v) is 5.90. The minimum Gasteiger partial charge on any atom is -0.497 e. The molecule has 0 radical (unpaired) electrons. The lowest BCUT2D eigenvalue weighted by Gasteiger charge is -2.44. The summed E-state index contributed by atoms with van der Waals surface area (Å²) in [6.45, 7) is 9.45. The number of hydrogen-bond acceptors (Lipinski definition) is 9. The molecule has 1 aliphatic heterocycles. The van der Waals surface area contributed by atoms with Gasteiger partial charge in [-0.1, -0.05) is 34.8 Å². The molecule has 1 aromatic carbocycles. The molecule has 2 rings (SSSR count). The summed E-state index contributed by atoms with van der Waals surface area (Å²) in [4.78, 5) is 37.8. The summed E-state index contributed by atoms with van der Waals surface area (Å²) in [6, 6.07) is 5.07. The monoisotopic (exact) mass is 597 g/mol. The van der Waals surface area contributed by atoms with Gasteiger partial charge >= 0.3 is 11.9 Å². The number of ether oxygens (including phenoxy) is 5. The summed E-state index contributed by atoms with van der Waals surface area (Å²) in [5.41, 5.74) is -1.79. The van der Waals surface area contributed by atoms with Gasteiger partial charge in [0.2, 0.25) is 6.29 Å². The van der Waals surface area contributed by atoms with Crippen LogP contribution in [0.4, 0.5) is 0 Å². The SMILES string of the molecule is COc1ccc(O[C@@H]2O[C@H](COC(=O)C(C)(C)C)[C@H](O)[C@H](OC(=O)C(C)(C)C)[C@H]2NC(=O)C(Cl)(Cl)Cl)cc1. The molecule has 1 heterocycles. The molecule has 0 unspecified atom stereocenters. The number of aliphatic hydroxyl groups excluding tert-OH is 1. The van der Waals surface area contributed by atoms with Gasteiger partial charge in [0, 0.05) is 0 Å². The highest BCUT2D eigenvalue weighted by atomic mass is 35.6. The third-order valence-electron chi connectivity index (χ3n) is 5.39. The molecule has 0 bridgehead atoms. The second-order valence-electron chi connectivity index (χ2n) is 10.8. The number of carbonyl (C=O) groups excluding carboxylic acids is 3. The number of methoxy groups -OCH3 is 1. The first-order valence-electron chi connectivity index (χ1n) is 11.7. The lowest BCUT2D eigenvalue weighted by Crippen LogP contribution is -2.67. The Morgan fingerprint density at radius 3 is 1.95 bits per heavy atom. The number of halogens is 3. The van der Waals surface area contributed by atoms with Crippen LogP contribution in [0.25, 0.3) is 0 Å². The van der Waals surface area contributed by atoms with Gasteiger partial charge < -0.3 is 34.1 Å². The maximum atomic E-state index is 12.8. The summed E-state index contributed by atoms with van der Waals surface area (Å²) >= 11 is 17.3. The topological polar surface area (TPSA) is 130 Å². The number of alkyl halides is 3. The lowest BCUT2D eigenvalue weighted by atomic mass is 9.94. The first kappa shape index (κ1) is 32.2. The maximum absolute atomic E-state index is 12.8. The van der Waals surface area contributed by atoms with Crippen molar-refractivity contribution in [3.05, 3.63) is 24.3 Å². The van der Waals surface area contributed by atoms with E-state index in [1.807, 2.05) is 0 Å². The summed E-state index contributed by atoms with van der Waals surface area (Å²) in [5, 5.41) is 13.6. The van der Waals surface area contributed by atoms with Crippen LogP contribution in [0.2, 0.25) is 0 Å². The average molecular weight is 599 g/mol. The minimum absolute atomic E-state index is 0.284. The average Bonchev–Trinajstić information content (AvgIpc) is 2.80. The molecule has 1 amide bonds. The predicted molar refractivity (Wildman–Crippen MR) is 140 cm³/mol. The molecule has 1 saturated heterocycles. The van der Waals surface area contributed by atoms with Crippen LogP contribution >= 0.6 is 34.8 Å². The first-order valence-corrected chi connectivity index (χ1v) is 12.9. The van der Waals surface area contributed by atoms with Crippen molar-refractivity contribution in [3.8, 4) is 11.5 Å². The Morgan fingerprint density at radius 2 is 1.47 bits per heavy atom. The van der Waals surface area contributed by atoms with Gasteiger partial charge in [-0.2, -0.15) is 0 Å². The second-order valence-corrected chi connectivity index (χ2v) is 13.1. The Kier molecular flexibility index (Phi) is 10.6. The van der Waals surface area contributed by atoms with Crippen LogP contribution in [0.3, 0.4) is 0 Å². The highest BCUT2D eigenvalue weighted by Gasteiger charge is 2.52. The van der Waals surface area contributed by atoms with Crippen LogP contribution in [0, 0.1) is 10.8 Å². The second kappa shape index (κ2) is 12.5. The van der Waals surface area contributed by atoms with Gasteiger partial charge in [0.1, 0.15) is 36.4 Å². The Bertz CT molecular complexity index is 984. The molecule has 13 heteroatoms. The van der Waals surface area contributed by atoms with E-state index in [0.717, 1.165) is 0 Å². The Morgan fingerprint density at radius 1 is 0.947 bits per heavy atom. The zero-order chi connectivity index (χ0) is 29.1. The molecular weight excluding hydrogens is 565 g/mol. The van der Waals surface area contributed by atoms with Crippen molar-refractivity contribution in [2.75, 3.05) is 13.7 Å². The minimum atomic E-state index is -2.38. The van der Waals surface area contributed by atoms with Gasteiger partial charge in [-0.25, -0.2) is 0 Å². The van der Waals surface area contributed by atoms with Gasteiger partial charge in [0.05, 0.1) is 17.9 Å². The number of hydrogen-bond donors (Lipinski definition) is 2. The molecule has 1 aromatic rings. The van der Waals surface area contributed by atoms with Crippen molar-refractivity contribution in [2.24, 2.45) is 10.8 Å². The van der Waals surface area contributed by atoms with Crippen molar-refractivity contribution in [3.63, 3.8) is 0 Å². The van der Waals surface area contributed by atoms with Gasteiger partial charge in [0.25, 0.3) is 9.70 Å². The standard InChI is InChI=1S/C25H34Cl3NO9/c1-23(2,3)21(32)35-12-15-17(30)18(38-22(33)24(4,5)6)16(29-20(31)25(26,27)28)19(37-15)36-14-10-8-13(34-7)9-11-14/h8-11,15-19,30H,12H2,1-7H3,(H,29,31)/t15-,16-,17+,18-,19-/m1/s1. The van der Waals surface area contributed by atoms with Crippen molar-refractivity contribution >= 4 is 52.6 Å². The third kappa shape index (κ3) is 8.77. The van der Waals surface area contributed by atoms with E-state index in [-0.39, 0.29) is 5.75 Å². The predicted octanol–water partition coefficient (Wildman–Crippen LogP) is 3.56. The summed E-state index contributed by atoms with van der Waals surface area (Å²) < 4.78 is 25.7. The van der Waals surface area contributed by atoms with Crippen LogP contribution in [0.5, 0.6) is 11.5 Å². The Balaban J connectivity index is 2.47. The molecule has 214 valence electrons. The number of rotatable bonds is 7. The van der Waals surface area contributed by atoms with Crippen molar-refractivity contribution < 1.29 is 43.2 Å². The highest BCUT2D eigenvalue weighted by molar-refractivity contribution is 6.76. The largest absolute Gasteiger partial charge is 0.497 e. The molecule has 10 nitrogen and oxygen atoms in total. The number of benzene rings is 1. The zero-order valence-corrected chi connectivity index (χ0v) is 24.5. The molecule has 2 N–H and O–H groups in total. The first-order chi connectivity index (χ1) is 17.3. The van der Waals surface area contributed by atoms with Crippen molar-refractivity contribution in [1.82, 2.24) is 5.32 Å². The fraction of sp³-hybridized carbons (Fsp3) is 0.640. The van der Waals surface area contributed by atoms with E-state index in [1.165, 1.54) is 7.11 Å². The molecule has 0 saturated carbocycles. The lowest BCUT2D eigenvalue weighted by molar-refractivity contribution is -0.254. The summed E-state index contributed by atoms with van der Waals surface area (Å²) in [6.07, 6.45) is -5.58. The summed E-state index contributed by atoms with van der Waals surface area (Å²) in [7, 11) is 1.50. The molecular formula is C25H34Cl3NO9. The van der Waals surface area contributed by atoms with Gasteiger partial charge in [-0.15, -0.1) is 0 Å². The van der Waals surface area contributed by atoms with E-state index in [4.69, 9.17) is 58.5 Å². The summed E-state index contributed by atoms with van der Waals surface area (Å²) in [5.74, 6) is -1.46. The van der Waals surface area contributed by atoms with Crippen LogP contribution in [0.15, 0.2) is 24.3 Å².